The lowest BCUT2D eigenvalue weighted by Crippen LogP contribution is -2.25. The van der Waals surface area contributed by atoms with Crippen LogP contribution in [0.1, 0.15) is 18.5 Å². The number of nitrogens with zero attached hydrogens (tertiary/aromatic N) is 2. The molecule has 2 rings (SSSR count). The molecule has 0 bridgehead atoms. The Balaban J connectivity index is 2.07. The van der Waals surface area contributed by atoms with E-state index in [0.717, 1.165) is 24.3 Å². The average Bonchev–Trinajstić information content (AvgIpc) is 2.52. The van der Waals surface area contributed by atoms with Crippen LogP contribution in [0.2, 0.25) is 0 Å². The van der Waals surface area contributed by atoms with Gasteiger partial charge in [-0.3, -0.25) is 9.78 Å². The Bertz CT molecular complexity index is 354. The Labute approximate surface area is 84.5 Å². The number of carbonyl (C=O) groups excluding carboxylic acids is 1. The molecule has 1 fully saturated rings. The molecule has 1 amide bonds. The fraction of sp³-hybridized carbons (Fsp3) is 0.400. The van der Waals surface area contributed by atoms with Crippen LogP contribution in [0.25, 0.3) is 0 Å². The Morgan fingerprint density at radius 2 is 2.36 bits per heavy atom. The van der Waals surface area contributed by atoms with E-state index in [4.69, 9.17) is 0 Å². The lowest BCUT2D eigenvalue weighted by molar-refractivity contribution is -0.128. The van der Waals surface area contributed by atoms with Gasteiger partial charge in [0.15, 0.2) is 7.85 Å². The number of aromatic nitrogens is 1. The summed E-state index contributed by atoms with van der Waals surface area (Å²) in [7, 11) is 1.97. The Morgan fingerprint density at radius 1 is 1.50 bits per heavy atom. The highest BCUT2D eigenvalue weighted by Crippen LogP contribution is 2.12. The van der Waals surface area contributed by atoms with Gasteiger partial charge in [0.05, 0.1) is 12.2 Å². The molecule has 0 spiro atoms. The first-order chi connectivity index (χ1) is 6.75. The predicted octanol–water partition coefficient (Wildman–Crippen LogP) is -0.538. The maximum absolute atomic E-state index is 11.4. The van der Waals surface area contributed by atoms with Gasteiger partial charge in [-0.25, -0.2) is 0 Å². The quantitative estimate of drug-likeness (QED) is 0.584. The number of hydrogen-bond donors (Lipinski definition) is 0. The molecule has 2 heterocycles. The van der Waals surface area contributed by atoms with E-state index in [9.17, 15) is 4.79 Å². The molecule has 1 aromatic heterocycles. The van der Waals surface area contributed by atoms with Crippen molar-refractivity contribution in [2.24, 2.45) is 0 Å². The fourth-order valence-corrected chi connectivity index (χ4v) is 1.75. The van der Waals surface area contributed by atoms with Gasteiger partial charge in [-0.1, -0.05) is 12.1 Å². The van der Waals surface area contributed by atoms with Crippen molar-refractivity contribution in [3.8, 4) is 0 Å². The van der Waals surface area contributed by atoms with Crippen molar-refractivity contribution in [2.75, 3.05) is 6.54 Å². The molecular weight excluding hydrogens is 175 g/mol. The minimum Gasteiger partial charge on any atom is -0.337 e. The summed E-state index contributed by atoms with van der Waals surface area (Å²) < 4.78 is 0. The van der Waals surface area contributed by atoms with Crippen LogP contribution in [0.3, 0.4) is 0 Å². The molecule has 0 unspecified atom stereocenters. The van der Waals surface area contributed by atoms with E-state index in [1.54, 1.807) is 0 Å². The smallest absolute Gasteiger partial charge is 0.222 e. The van der Waals surface area contributed by atoms with E-state index >= 15 is 0 Å². The van der Waals surface area contributed by atoms with E-state index in [1.165, 1.54) is 0 Å². The van der Waals surface area contributed by atoms with Crippen LogP contribution in [0.5, 0.6) is 0 Å². The van der Waals surface area contributed by atoms with E-state index < -0.39 is 0 Å². The standard InChI is InChI=1S/C10H13BN2O/c11-9-4-1-3-8(12-9)7-13-6-2-5-10(13)14/h1,3-4H,2,5-7,11H2. The molecule has 1 saturated heterocycles. The predicted molar refractivity (Wildman–Crippen MR) is 57.1 cm³/mol. The molecule has 3 nitrogen and oxygen atoms in total. The van der Waals surface area contributed by atoms with Gasteiger partial charge in [-0.2, -0.15) is 0 Å². The van der Waals surface area contributed by atoms with Crippen LogP contribution in [-0.2, 0) is 11.3 Å². The summed E-state index contributed by atoms with van der Waals surface area (Å²) in [5.41, 5.74) is 1.99. The first kappa shape index (κ1) is 9.25. The number of hydrogen-bond acceptors (Lipinski definition) is 2. The Morgan fingerprint density at radius 3 is 3.00 bits per heavy atom. The van der Waals surface area contributed by atoms with Gasteiger partial charge in [0.1, 0.15) is 0 Å². The van der Waals surface area contributed by atoms with Gasteiger partial charge in [0.2, 0.25) is 5.91 Å². The van der Waals surface area contributed by atoms with Crippen molar-refractivity contribution < 1.29 is 4.79 Å². The van der Waals surface area contributed by atoms with Crippen LogP contribution in [0, 0.1) is 0 Å². The van der Waals surface area contributed by atoms with Crippen molar-refractivity contribution >= 4 is 19.3 Å². The summed E-state index contributed by atoms with van der Waals surface area (Å²) in [4.78, 5) is 17.6. The van der Waals surface area contributed by atoms with Crippen molar-refractivity contribution in [3.05, 3.63) is 23.9 Å². The zero-order valence-electron chi connectivity index (χ0n) is 8.36. The highest BCUT2D eigenvalue weighted by molar-refractivity contribution is 6.30. The van der Waals surface area contributed by atoms with Crippen LogP contribution >= 0.6 is 0 Å². The summed E-state index contributed by atoms with van der Waals surface area (Å²) in [5.74, 6) is 0.258. The molecule has 14 heavy (non-hydrogen) atoms. The largest absolute Gasteiger partial charge is 0.337 e. The summed E-state index contributed by atoms with van der Waals surface area (Å²) in [5, 5.41) is 0. The van der Waals surface area contributed by atoms with Gasteiger partial charge >= 0.3 is 0 Å². The van der Waals surface area contributed by atoms with E-state index in [-0.39, 0.29) is 5.91 Å². The Hall–Kier alpha value is -1.32. The van der Waals surface area contributed by atoms with Gasteiger partial charge < -0.3 is 4.90 Å². The molecule has 72 valence electrons. The fourth-order valence-electron chi connectivity index (χ4n) is 1.75. The number of carbonyl (C=O) groups is 1. The Kier molecular flexibility index (Phi) is 2.52. The second-order valence-corrected chi connectivity index (χ2v) is 3.69. The van der Waals surface area contributed by atoms with Crippen molar-refractivity contribution in [2.45, 2.75) is 19.4 Å². The van der Waals surface area contributed by atoms with E-state index in [0.29, 0.717) is 13.0 Å². The third-order valence-corrected chi connectivity index (χ3v) is 2.47. The van der Waals surface area contributed by atoms with Crippen LogP contribution < -0.4 is 5.59 Å². The zero-order chi connectivity index (χ0) is 9.97. The summed E-state index contributed by atoms with van der Waals surface area (Å²) in [6, 6.07) is 5.92. The first-order valence-electron chi connectivity index (χ1n) is 4.96. The normalized spacial score (nSPS) is 16.3. The molecule has 0 aliphatic carbocycles. The zero-order valence-corrected chi connectivity index (χ0v) is 8.36. The van der Waals surface area contributed by atoms with Crippen LogP contribution in [0.15, 0.2) is 18.2 Å². The molecule has 1 aromatic rings. The van der Waals surface area contributed by atoms with Crippen molar-refractivity contribution in [1.29, 1.82) is 0 Å². The van der Waals surface area contributed by atoms with Gasteiger partial charge in [-0.15, -0.1) is 0 Å². The molecule has 1 aliphatic rings. The van der Waals surface area contributed by atoms with E-state index in [1.807, 2.05) is 30.9 Å². The monoisotopic (exact) mass is 188 g/mol. The summed E-state index contributed by atoms with van der Waals surface area (Å²) in [6.45, 7) is 1.55. The van der Waals surface area contributed by atoms with Crippen molar-refractivity contribution in [3.63, 3.8) is 0 Å². The number of pyridine rings is 1. The van der Waals surface area contributed by atoms with Crippen molar-refractivity contribution in [1.82, 2.24) is 9.88 Å². The average molecular weight is 188 g/mol. The number of likely N-dealkylation sites (tertiary alicyclic amines) is 1. The topological polar surface area (TPSA) is 33.2 Å². The van der Waals surface area contributed by atoms with E-state index in [2.05, 4.69) is 4.98 Å². The van der Waals surface area contributed by atoms with Crippen LogP contribution in [0.4, 0.5) is 0 Å². The minimum absolute atomic E-state index is 0.258. The maximum atomic E-state index is 11.4. The molecule has 0 atom stereocenters. The lowest BCUT2D eigenvalue weighted by Gasteiger charge is -2.14. The number of rotatable bonds is 2. The third kappa shape index (κ3) is 1.95. The molecule has 0 aromatic carbocycles. The SMILES string of the molecule is Bc1cccc(CN2CCCC2=O)n1. The molecule has 0 radical (unpaired) electrons. The highest BCUT2D eigenvalue weighted by atomic mass is 16.2. The second kappa shape index (κ2) is 3.82. The number of amides is 1. The maximum Gasteiger partial charge on any atom is 0.222 e. The second-order valence-electron chi connectivity index (χ2n) is 3.69. The van der Waals surface area contributed by atoms with Crippen LogP contribution in [-0.4, -0.2) is 30.2 Å². The molecule has 1 aliphatic heterocycles. The van der Waals surface area contributed by atoms with Gasteiger partial charge in [0, 0.05) is 13.0 Å². The molecular formula is C10H13BN2O. The molecule has 0 saturated carbocycles. The minimum atomic E-state index is 0.258. The highest BCUT2D eigenvalue weighted by Gasteiger charge is 2.20. The molecule has 4 heteroatoms. The lowest BCUT2D eigenvalue weighted by atomic mass is 10.0. The first-order valence-corrected chi connectivity index (χ1v) is 4.96. The summed E-state index contributed by atoms with van der Waals surface area (Å²) >= 11 is 0. The van der Waals surface area contributed by atoms with Gasteiger partial charge in [0.25, 0.3) is 0 Å². The third-order valence-electron chi connectivity index (χ3n) is 2.47. The molecule has 0 N–H and O–H groups in total. The van der Waals surface area contributed by atoms with Gasteiger partial charge in [-0.05, 0) is 18.1 Å². The summed E-state index contributed by atoms with van der Waals surface area (Å²) in [6.07, 6.45) is 1.69.